The third-order valence-corrected chi connectivity index (χ3v) is 4.55. The molecule has 5 heteroatoms. The second-order valence-electron chi connectivity index (χ2n) is 4.58. The first-order valence-corrected chi connectivity index (χ1v) is 7.99. The van der Waals surface area contributed by atoms with E-state index in [4.69, 9.17) is 9.15 Å². The summed E-state index contributed by atoms with van der Waals surface area (Å²) in [5.74, 6) is 0.790. The highest BCUT2D eigenvalue weighted by Crippen LogP contribution is 2.35. The molecule has 0 aliphatic heterocycles. The van der Waals surface area contributed by atoms with Gasteiger partial charge in [0.15, 0.2) is 0 Å². The molecule has 0 atom stereocenters. The molecule has 3 aromatic rings. The number of hydrogen-bond acceptors (Lipinski definition) is 3. The van der Waals surface area contributed by atoms with Crippen molar-refractivity contribution < 1.29 is 9.15 Å². The fourth-order valence-electron chi connectivity index (χ4n) is 2.18. The molecule has 0 amide bonds. The number of hydrogen-bond donors (Lipinski definition) is 1. The largest absolute Gasteiger partial charge is 0.495 e. The lowest BCUT2D eigenvalue weighted by atomic mass is 10.2. The number of halogens is 2. The van der Waals surface area contributed by atoms with Gasteiger partial charge in [-0.25, -0.2) is 0 Å². The molecular formula is C16H13Br2NO2. The van der Waals surface area contributed by atoms with Crippen LogP contribution in [-0.4, -0.2) is 7.11 Å². The van der Waals surface area contributed by atoms with Gasteiger partial charge in [-0.15, -0.1) is 0 Å². The van der Waals surface area contributed by atoms with Gasteiger partial charge in [0.05, 0.1) is 23.5 Å². The van der Waals surface area contributed by atoms with Gasteiger partial charge in [0.2, 0.25) is 0 Å². The summed E-state index contributed by atoms with van der Waals surface area (Å²) in [6, 6.07) is 11.9. The van der Waals surface area contributed by atoms with Gasteiger partial charge in [-0.1, -0.05) is 18.2 Å². The molecule has 0 saturated heterocycles. The SMILES string of the molecule is COc1cc(NCc2coc3ccccc23)c(Br)cc1Br. The lowest BCUT2D eigenvalue weighted by Crippen LogP contribution is -2.00. The van der Waals surface area contributed by atoms with E-state index in [1.807, 2.05) is 30.3 Å². The first-order valence-electron chi connectivity index (χ1n) is 6.41. The van der Waals surface area contributed by atoms with E-state index in [1.165, 1.54) is 0 Å². The summed E-state index contributed by atoms with van der Waals surface area (Å²) >= 11 is 7.02. The fraction of sp³-hybridized carbons (Fsp3) is 0.125. The van der Waals surface area contributed by atoms with E-state index in [0.717, 1.165) is 36.9 Å². The van der Waals surface area contributed by atoms with E-state index < -0.39 is 0 Å². The van der Waals surface area contributed by atoms with Crippen molar-refractivity contribution in [3.05, 3.63) is 57.2 Å². The zero-order valence-electron chi connectivity index (χ0n) is 11.3. The Balaban J connectivity index is 1.85. The van der Waals surface area contributed by atoms with Crippen LogP contribution < -0.4 is 10.1 Å². The van der Waals surface area contributed by atoms with Crippen LogP contribution >= 0.6 is 31.9 Å². The van der Waals surface area contributed by atoms with Crippen LogP contribution in [0, 0.1) is 0 Å². The first-order chi connectivity index (χ1) is 10.2. The second kappa shape index (κ2) is 6.12. The van der Waals surface area contributed by atoms with Crippen LogP contribution in [-0.2, 0) is 6.54 Å². The molecule has 0 saturated carbocycles. The quantitative estimate of drug-likeness (QED) is 0.609. The lowest BCUT2D eigenvalue weighted by molar-refractivity contribution is 0.412. The highest BCUT2D eigenvalue weighted by atomic mass is 79.9. The number of fused-ring (bicyclic) bond motifs is 1. The number of benzene rings is 2. The van der Waals surface area contributed by atoms with Crippen molar-refractivity contribution in [3.63, 3.8) is 0 Å². The van der Waals surface area contributed by atoms with Gasteiger partial charge >= 0.3 is 0 Å². The van der Waals surface area contributed by atoms with Crippen molar-refractivity contribution in [2.75, 3.05) is 12.4 Å². The van der Waals surface area contributed by atoms with E-state index in [9.17, 15) is 0 Å². The maximum Gasteiger partial charge on any atom is 0.135 e. The van der Waals surface area contributed by atoms with Crippen LogP contribution in [0.25, 0.3) is 11.0 Å². The monoisotopic (exact) mass is 409 g/mol. The van der Waals surface area contributed by atoms with Crippen LogP contribution in [0.3, 0.4) is 0 Å². The van der Waals surface area contributed by atoms with Crippen LogP contribution in [0.15, 0.2) is 56.0 Å². The molecule has 0 spiro atoms. The van der Waals surface area contributed by atoms with Gasteiger partial charge in [0.1, 0.15) is 11.3 Å². The molecule has 108 valence electrons. The lowest BCUT2D eigenvalue weighted by Gasteiger charge is -2.11. The van der Waals surface area contributed by atoms with E-state index in [0.29, 0.717) is 6.54 Å². The van der Waals surface area contributed by atoms with Crippen LogP contribution in [0.1, 0.15) is 5.56 Å². The molecule has 0 radical (unpaired) electrons. The summed E-state index contributed by atoms with van der Waals surface area (Å²) in [5, 5.41) is 4.53. The average molecular weight is 411 g/mol. The molecule has 1 aromatic heterocycles. The zero-order chi connectivity index (χ0) is 14.8. The van der Waals surface area contributed by atoms with E-state index in [2.05, 4.69) is 43.2 Å². The molecule has 21 heavy (non-hydrogen) atoms. The molecule has 3 rings (SSSR count). The second-order valence-corrected chi connectivity index (χ2v) is 6.29. The smallest absolute Gasteiger partial charge is 0.135 e. The van der Waals surface area contributed by atoms with Gasteiger partial charge in [-0.2, -0.15) is 0 Å². The van der Waals surface area contributed by atoms with Crippen LogP contribution in [0.4, 0.5) is 5.69 Å². The van der Waals surface area contributed by atoms with Crippen molar-refractivity contribution in [1.29, 1.82) is 0 Å². The summed E-state index contributed by atoms with van der Waals surface area (Å²) in [5.41, 5.74) is 3.00. The summed E-state index contributed by atoms with van der Waals surface area (Å²) < 4.78 is 12.8. The summed E-state index contributed by atoms with van der Waals surface area (Å²) in [7, 11) is 1.65. The van der Waals surface area contributed by atoms with E-state index in [1.54, 1.807) is 13.4 Å². The average Bonchev–Trinajstić information content (AvgIpc) is 2.90. The molecule has 1 heterocycles. The minimum Gasteiger partial charge on any atom is -0.495 e. The summed E-state index contributed by atoms with van der Waals surface area (Å²) in [6.07, 6.45) is 1.79. The standard InChI is InChI=1S/C16H13Br2NO2/c1-20-16-7-14(12(17)6-13(16)18)19-8-10-9-21-15-5-3-2-4-11(10)15/h2-7,9,19H,8H2,1H3. The first kappa shape index (κ1) is 14.5. The third kappa shape index (κ3) is 2.94. The zero-order valence-corrected chi connectivity index (χ0v) is 14.5. The van der Waals surface area contributed by atoms with E-state index >= 15 is 0 Å². The maximum atomic E-state index is 5.55. The third-order valence-electron chi connectivity index (χ3n) is 3.27. The minimum absolute atomic E-state index is 0.681. The number of nitrogens with one attached hydrogen (secondary N) is 1. The number of para-hydroxylation sites is 1. The Kier molecular flexibility index (Phi) is 4.22. The van der Waals surface area contributed by atoms with Crippen LogP contribution in [0.5, 0.6) is 5.75 Å². The Hall–Kier alpha value is -1.46. The molecule has 0 fully saturated rings. The number of rotatable bonds is 4. The normalized spacial score (nSPS) is 10.8. The Labute approximate surface area is 139 Å². The molecule has 0 aliphatic rings. The summed E-state index contributed by atoms with van der Waals surface area (Å²) in [6.45, 7) is 0.681. The number of ether oxygens (including phenoxy) is 1. The van der Waals surface area contributed by atoms with Crippen molar-refractivity contribution in [2.45, 2.75) is 6.54 Å². The van der Waals surface area contributed by atoms with Gasteiger partial charge in [-0.05, 0) is 44.0 Å². The highest BCUT2D eigenvalue weighted by molar-refractivity contribution is 9.11. The molecule has 2 aromatic carbocycles. The van der Waals surface area contributed by atoms with Crippen molar-refractivity contribution in [3.8, 4) is 5.75 Å². The molecular weight excluding hydrogens is 398 g/mol. The van der Waals surface area contributed by atoms with Crippen LogP contribution in [0.2, 0.25) is 0 Å². The Morgan fingerprint density at radius 2 is 1.95 bits per heavy atom. The number of methoxy groups -OCH3 is 1. The van der Waals surface area contributed by atoms with Gasteiger partial charge in [0.25, 0.3) is 0 Å². The fourth-order valence-corrected chi connectivity index (χ4v) is 3.48. The van der Waals surface area contributed by atoms with Gasteiger partial charge in [0, 0.05) is 28.0 Å². The van der Waals surface area contributed by atoms with E-state index in [-0.39, 0.29) is 0 Å². The molecule has 1 N–H and O–H groups in total. The predicted octanol–water partition coefficient (Wildman–Crippen LogP) is 5.58. The van der Waals surface area contributed by atoms with Crippen molar-refractivity contribution in [2.24, 2.45) is 0 Å². The Bertz CT molecular complexity index is 783. The van der Waals surface area contributed by atoms with Gasteiger partial charge in [-0.3, -0.25) is 0 Å². The minimum atomic E-state index is 0.681. The Morgan fingerprint density at radius 3 is 2.76 bits per heavy atom. The number of furan rings is 1. The highest BCUT2D eigenvalue weighted by Gasteiger charge is 2.09. The maximum absolute atomic E-state index is 5.55. The summed E-state index contributed by atoms with van der Waals surface area (Å²) in [4.78, 5) is 0. The molecule has 0 aliphatic carbocycles. The topological polar surface area (TPSA) is 34.4 Å². The number of anilines is 1. The molecule has 0 bridgehead atoms. The van der Waals surface area contributed by atoms with Crippen molar-refractivity contribution >= 4 is 48.5 Å². The Morgan fingerprint density at radius 1 is 1.14 bits per heavy atom. The molecule has 0 unspecified atom stereocenters. The van der Waals surface area contributed by atoms with Gasteiger partial charge < -0.3 is 14.5 Å². The van der Waals surface area contributed by atoms with Crippen molar-refractivity contribution in [1.82, 2.24) is 0 Å². The molecule has 3 nitrogen and oxygen atoms in total. The predicted molar refractivity (Wildman–Crippen MR) is 91.9 cm³/mol.